The van der Waals surface area contributed by atoms with Gasteiger partial charge in [0.2, 0.25) is 0 Å². The molecule has 0 atom stereocenters. The Balaban J connectivity index is 1.55. The fourth-order valence-corrected chi connectivity index (χ4v) is 4.33. The van der Waals surface area contributed by atoms with Gasteiger partial charge in [-0.1, -0.05) is 94.9 Å². The molecule has 4 aromatic carbocycles. The van der Waals surface area contributed by atoms with E-state index in [0.717, 1.165) is 11.1 Å². The van der Waals surface area contributed by atoms with Crippen LogP contribution in [-0.4, -0.2) is 21.8 Å². The first-order valence-corrected chi connectivity index (χ1v) is 11.3. The summed E-state index contributed by atoms with van der Waals surface area (Å²) in [6.45, 7) is 0. The second-order valence-electron chi connectivity index (χ2n) is 7.39. The van der Waals surface area contributed by atoms with Gasteiger partial charge in [0.1, 0.15) is 0 Å². The van der Waals surface area contributed by atoms with Crippen molar-refractivity contribution in [1.29, 1.82) is 0 Å². The van der Waals surface area contributed by atoms with Crippen molar-refractivity contribution in [3.05, 3.63) is 115 Å². The lowest BCUT2D eigenvalue weighted by Crippen LogP contribution is -2.02. The Labute approximate surface area is 214 Å². The summed E-state index contributed by atoms with van der Waals surface area (Å²) in [5.41, 5.74) is 3.06. The average molecular weight is 532 g/mol. The minimum Gasteiger partial charge on any atom is -0.505 e. The van der Waals surface area contributed by atoms with Crippen molar-refractivity contribution in [2.75, 3.05) is 0 Å². The number of rotatable bonds is 5. The topological polar surface area (TPSA) is 74.6 Å². The average Bonchev–Trinajstić information content (AvgIpc) is 2.84. The summed E-state index contributed by atoms with van der Waals surface area (Å²) in [5, 5.41) is 19.4. The highest BCUT2D eigenvalue weighted by atomic mass is 35.5. The number of benzene rings is 4. The largest absolute Gasteiger partial charge is 0.505 e. The van der Waals surface area contributed by atoms with E-state index >= 15 is 0 Å². The summed E-state index contributed by atoms with van der Waals surface area (Å²) >= 11 is 23.7. The number of aromatic hydroxyl groups is 2. The van der Waals surface area contributed by atoms with Gasteiger partial charge in [-0.3, -0.25) is 9.59 Å². The molecule has 4 nitrogen and oxygen atoms in total. The lowest BCUT2D eigenvalue weighted by Gasteiger charge is -2.08. The van der Waals surface area contributed by atoms with Crippen LogP contribution in [0.4, 0.5) is 0 Å². The van der Waals surface area contributed by atoms with Gasteiger partial charge in [0.15, 0.2) is 23.1 Å². The van der Waals surface area contributed by atoms with E-state index < -0.39 is 0 Å². The zero-order valence-electron chi connectivity index (χ0n) is 17.2. The lowest BCUT2D eigenvalue weighted by atomic mass is 9.97. The predicted octanol–water partition coefficient (Wildman–Crippen LogP) is 7.84. The molecule has 0 saturated heterocycles. The zero-order chi connectivity index (χ0) is 24.6. The van der Waals surface area contributed by atoms with Gasteiger partial charge in [-0.2, -0.15) is 0 Å². The van der Waals surface area contributed by atoms with E-state index in [2.05, 4.69) is 0 Å². The highest BCUT2D eigenvalue weighted by molar-refractivity contribution is 6.38. The van der Waals surface area contributed by atoms with Crippen LogP contribution in [0.25, 0.3) is 11.1 Å². The van der Waals surface area contributed by atoms with Crippen molar-refractivity contribution < 1.29 is 19.8 Å². The third-order valence-electron chi connectivity index (χ3n) is 5.19. The van der Waals surface area contributed by atoms with E-state index in [1.165, 1.54) is 24.3 Å². The molecule has 0 amide bonds. The van der Waals surface area contributed by atoms with Crippen LogP contribution in [0.1, 0.15) is 31.8 Å². The molecular weight excluding hydrogens is 518 g/mol. The van der Waals surface area contributed by atoms with Crippen molar-refractivity contribution in [3.8, 4) is 22.6 Å². The molecule has 0 spiro atoms. The smallest absolute Gasteiger partial charge is 0.193 e. The Morgan fingerprint density at radius 3 is 1.00 bits per heavy atom. The third kappa shape index (κ3) is 4.77. The SMILES string of the molecule is O=C(c1ccc(-c2ccc(C(=O)c3cc(Cl)c(O)c(Cl)c3)cc2)cc1)c1cc(Cl)c(O)c(Cl)c1. The summed E-state index contributed by atoms with van der Waals surface area (Å²) in [7, 11) is 0. The maximum Gasteiger partial charge on any atom is 0.193 e. The Kier molecular flexibility index (Phi) is 6.87. The van der Waals surface area contributed by atoms with Gasteiger partial charge in [-0.05, 0) is 35.4 Å². The molecule has 0 heterocycles. The molecule has 0 aliphatic heterocycles. The van der Waals surface area contributed by atoms with E-state index in [-0.39, 0.29) is 54.3 Å². The first-order valence-electron chi connectivity index (χ1n) is 9.81. The van der Waals surface area contributed by atoms with Gasteiger partial charge in [0.05, 0.1) is 20.1 Å². The molecule has 0 bridgehead atoms. The Morgan fingerprint density at radius 1 is 0.471 bits per heavy atom. The van der Waals surface area contributed by atoms with Crippen LogP contribution in [0.2, 0.25) is 20.1 Å². The molecule has 170 valence electrons. The number of ketones is 2. The van der Waals surface area contributed by atoms with E-state index in [1.807, 2.05) is 0 Å². The van der Waals surface area contributed by atoms with Gasteiger partial charge in [0.25, 0.3) is 0 Å². The van der Waals surface area contributed by atoms with Crippen molar-refractivity contribution >= 4 is 58.0 Å². The van der Waals surface area contributed by atoms with Crippen LogP contribution in [0.15, 0.2) is 72.8 Å². The molecule has 0 aliphatic rings. The number of halogens is 4. The number of hydrogen-bond donors (Lipinski definition) is 2. The van der Waals surface area contributed by atoms with Crippen LogP contribution in [0.5, 0.6) is 11.5 Å². The summed E-state index contributed by atoms with van der Waals surface area (Å²) in [6, 6.07) is 19.3. The number of carbonyl (C=O) groups is 2. The Morgan fingerprint density at radius 2 is 0.735 bits per heavy atom. The number of phenols is 2. The van der Waals surface area contributed by atoms with E-state index in [4.69, 9.17) is 46.4 Å². The zero-order valence-corrected chi connectivity index (χ0v) is 20.2. The summed E-state index contributed by atoms with van der Waals surface area (Å²) in [6.07, 6.45) is 0. The van der Waals surface area contributed by atoms with Crippen LogP contribution < -0.4 is 0 Å². The van der Waals surface area contributed by atoms with E-state index in [9.17, 15) is 19.8 Å². The van der Waals surface area contributed by atoms with Gasteiger partial charge < -0.3 is 10.2 Å². The first-order chi connectivity index (χ1) is 16.2. The fraction of sp³-hybridized carbons (Fsp3) is 0. The lowest BCUT2D eigenvalue weighted by molar-refractivity contribution is 0.103. The third-order valence-corrected chi connectivity index (χ3v) is 6.34. The fourth-order valence-electron chi connectivity index (χ4n) is 3.35. The molecule has 0 saturated carbocycles. The normalized spacial score (nSPS) is 10.8. The molecule has 0 fully saturated rings. The number of phenolic OH excluding ortho intramolecular Hbond substituents is 2. The van der Waals surface area contributed by atoms with Crippen LogP contribution in [-0.2, 0) is 0 Å². The predicted molar refractivity (Wildman–Crippen MR) is 135 cm³/mol. The first kappa shape index (κ1) is 24.1. The van der Waals surface area contributed by atoms with Gasteiger partial charge >= 0.3 is 0 Å². The molecule has 4 aromatic rings. The van der Waals surface area contributed by atoms with Crippen molar-refractivity contribution in [2.45, 2.75) is 0 Å². The molecule has 34 heavy (non-hydrogen) atoms. The molecule has 2 N–H and O–H groups in total. The van der Waals surface area contributed by atoms with Crippen LogP contribution >= 0.6 is 46.4 Å². The number of hydrogen-bond acceptors (Lipinski definition) is 4. The van der Waals surface area contributed by atoms with E-state index in [1.54, 1.807) is 48.5 Å². The molecule has 0 aliphatic carbocycles. The summed E-state index contributed by atoms with van der Waals surface area (Å²) in [5.74, 6) is -1.12. The standard InChI is InChI=1S/C26H14Cl4O4/c27-19-9-17(10-20(28)25(19)33)23(31)15-5-1-13(2-6-15)14-3-7-16(8-4-14)24(32)18-11-21(29)26(34)22(30)12-18/h1-12,33-34H. The maximum atomic E-state index is 12.8. The Bertz CT molecular complexity index is 1270. The van der Waals surface area contributed by atoms with Gasteiger partial charge in [-0.15, -0.1) is 0 Å². The summed E-state index contributed by atoms with van der Waals surface area (Å²) in [4.78, 5) is 25.5. The molecule has 8 heteroatoms. The minimum atomic E-state index is -0.289. The monoisotopic (exact) mass is 530 g/mol. The van der Waals surface area contributed by atoms with Crippen molar-refractivity contribution in [1.82, 2.24) is 0 Å². The highest BCUT2D eigenvalue weighted by Gasteiger charge is 2.16. The maximum absolute atomic E-state index is 12.8. The van der Waals surface area contributed by atoms with Gasteiger partial charge in [-0.25, -0.2) is 0 Å². The second-order valence-corrected chi connectivity index (χ2v) is 9.02. The molecule has 0 radical (unpaired) electrons. The second kappa shape index (κ2) is 9.69. The molecule has 0 aromatic heterocycles. The molecule has 0 unspecified atom stereocenters. The summed E-state index contributed by atoms with van der Waals surface area (Å²) < 4.78 is 0. The minimum absolute atomic E-state index is 0.000969. The molecule has 4 rings (SSSR count). The van der Waals surface area contributed by atoms with Crippen molar-refractivity contribution in [2.24, 2.45) is 0 Å². The number of carbonyl (C=O) groups excluding carboxylic acids is 2. The Hall–Kier alpha value is -3.02. The quantitative estimate of drug-likeness (QED) is 0.257. The van der Waals surface area contributed by atoms with Crippen molar-refractivity contribution in [3.63, 3.8) is 0 Å². The van der Waals surface area contributed by atoms with E-state index in [0.29, 0.717) is 11.1 Å². The van der Waals surface area contributed by atoms with Crippen LogP contribution in [0, 0.1) is 0 Å². The van der Waals surface area contributed by atoms with Crippen LogP contribution in [0.3, 0.4) is 0 Å². The molecular formula is C26H14Cl4O4. The highest BCUT2D eigenvalue weighted by Crippen LogP contribution is 2.35. The van der Waals surface area contributed by atoms with Gasteiger partial charge in [0, 0.05) is 22.3 Å².